The highest BCUT2D eigenvalue weighted by molar-refractivity contribution is 5.76. The van der Waals surface area contributed by atoms with Gasteiger partial charge in [0.15, 0.2) is 0 Å². The van der Waals surface area contributed by atoms with E-state index in [1.165, 1.54) is 0 Å². The lowest BCUT2D eigenvalue weighted by Gasteiger charge is -2.15. The summed E-state index contributed by atoms with van der Waals surface area (Å²) in [5, 5.41) is 6.32. The van der Waals surface area contributed by atoms with Crippen molar-refractivity contribution in [2.75, 3.05) is 13.7 Å². The van der Waals surface area contributed by atoms with E-state index in [1.807, 2.05) is 31.2 Å². The third-order valence-corrected chi connectivity index (χ3v) is 3.10. The van der Waals surface area contributed by atoms with E-state index < -0.39 is 0 Å². The number of methoxy groups -OCH3 is 1. The predicted molar refractivity (Wildman–Crippen MR) is 81.9 cm³/mol. The summed E-state index contributed by atoms with van der Waals surface area (Å²) in [6.45, 7) is 7.06. The summed E-state index contributed by atoms with van der Waals surface area (Å²) in [6.07, 6.45) is 1.41. The van der Waals surface area contributed by atoms with Crippen molar-refractivity contribution in [3.63, 3.8) is 0 Å². The Balaban J connectivity index is 2.37. The van der Waals surface area contributed by atoms with Gasteiger partial charge < -0.3 is 15.4 Å². The lowest BCUT2D eigenvalue weighted by molar-refractivity contribution is -0.121. The molecule has 0 spiro atoms. The summed E-state index contributed by atoms with van der Waals surface area (Å²) in [7, 11) is 1.64. The second-order valence-electron chi connectivity index (χ2n) is 5.28. The third-order valence-electron chi connectivity index (χ3n) is 3.10. The van der Waals surface area contributed by atoms with E-state index in [4.69, 9.17) is 4.74 Å². The first-order chi connectivity index (χ1) is 9.52. The van der Waals surface area contributed by atoms with Crippen LogP contribution in [-0.2, 0) is 4.79 Å². The van der Waals surface area contributed by atoms with Gasteiger partial charge in [0.2, 0.25) is 5.91 Å². The molecule has 0 bridgehead atoms. The van der Waals surface area contributed by atoms with Gasteiger partial charge in [-0.15, -0.1) is 0 Å². The molecule has 1 rings (SSSR count). The largest absolute Gasteiger partial charge is 0.497 e. The molecule has 1 atom stereocenters. The summed E-state index contributed by atoms with van der Waals surface area (Å²) in [5.74, 6) is 0.899. The van der Waals surface area contributed by atoms with Gasteiger partial charge in [-0.05, 0) is 37.6 Å². The number of hydrogen-bond donors (Lipinski definition) is 2. The van der Waals surface area contributed by atoms with E-state index in [0.29, 0.717) is 12.5 Å². The number of benzene rings is 1. The Labute approximate surface area is 121 Å². The van der Waals surface area contributed by atoms with Crippen molar-refractivity contribution in [1.29, 1.82) is 0 Å². The van der Waals surface area contributed by atoms with E-state index in [9.17, 15) is 4.79 Å². The quantitative estimate of drug-likeness (QED) is 0.719. The minimum Gasteiger partial charge on any atom is -0.497 e. The van der Waals surface area contributed by atoms with E-state index >= 15 is 0 Å². The summed E-state index contributed by atoms with van der Waals surface area (Å²) in [6, 6.07) is 8.24. The van der Waals surface area contributed by atoms with Crippen LogP contribution in [0.2, 0.25) is 0 Å². The van der Waals surface area contributed by atoms with Crippen LogP contribution in [0.5, 0.6) is 5.75 Å². The molecule has 0 aromatic heterocycles. The second kappa shape index (κ2) is 8.59. The van der Waals surface area contributed by atoms with Gasteiger partial charge in [0.05, 0.1) is 13.2 Å². The van der Waals surface area contributed by atoms with E-state index in [1.54, 1.807) is 7.11 Å². The van der Waals surface area contributed by atoms with Gasteiger partial charge in [-0.2, -0.15) is 0 Å². The monoisotopic (exact) mass is 278 g/mol. The van der Waals surface area contributed by atoms with Crippen LogP contribution < -0.4 is 15.4 Å². The first-order valence-electron chi connectivity index (χ1n) is 7.19. The molecule has 0 radical (unpaired) electrons. The lowest BCUT2D eigenvalue weighted by Crippen LogP contribution is -2.28. The van der Waals surface area contributed by atoms with Crippen LogP contribution in [0.1, 0.15) is 45.2 Å². The maximum Gasteiger partial charge on any atom is 0.220 e. The summed E-state index contributed by atoms with van der Waals surface area (Å²) < 4.78 is 5.19. The fourth-order valence-corrected chi connectivity index (χ4v) is 1.95. The normalized spacial score (nSPS) is 12.2. The molecule has 1 amide bonds. The number of rotatable bonds is 8. The molecular formula is C16H26N2O2. The highest BCUT2D eigenvalue weighted by Crippen LogP contribution is 2.18. The average Bonchev–Trinajstić information content (AvgIpc) is 2.43. The average molecular weight is 278 g/mol. The molecule has 0 aliphatic rings. The number of nitrogens with one attached hydrogen (secondary N) is 2. The minimum atomic E-state index is -0.00402. The standard InChI is InChI=1S/C16H26N2O2/c1-12(2)17-10-6-9-16(19)18-13(3)14-7-5-8-15(11-14)20-4/h5,7-8,11-13,17H,6,9-10H2,1-4H3,(H,18,19)/t13-/m0/s1. The Morgan fingerprint density at radius 2 is 2.05 bits per heavy atom. The van der Waals surface area contributed by atoms with Crippen molar-refractivity contribution < 1.29 is 9.53 Å². The Morgan fingerprint density at radius 3 is 2.70 bits per heavy atom. The highest BCUT2D eigenvalue weighted by atomic mass is 16.5. The van der Waals surface area contributed by atoms with E-state index in [0.717, 1.165) is 24.3 Å². The smallest absolute Gasteiger partial charge is 0.220 e. The maximum absolute atomic E-state index is 11.9. The summed E-state index contributed by atoms with van der Waals surface area (Å²) in [4.78, 5) is 11.9. The molecule has 0 saturated carbocycles. The van der Waals surface area contributed by atoms with Gasteiger partial charge in [-0.25, -0.2) is 0 Å². The van der Waals surface area contributed by atoms with Gasteiger partial charge in [0, 0.05) is 12.5 Å². The zero-order valence-electron chi connectivity index (χ0n) is 12.9. The molecule has 0 heterocycles. The summed E-state index contributed by atoms with van der Waals surface area (Å²) >= 11 is 0. The van der Waals surface area contributed by atoms with Gasteiger partial charge in [0.1, 0.15) is 5.75 Å². The topological polar surface area (TPSA) is 50.4 Å². The van der Waals surface area contributed by atoms with Crippen LogP contribution in [0.4, 0.5) is 0 Å². The fourth-order valence-electron chi connectivity index (χ4n) is 1.95. The molecule has 0 aliphatic carbocycles. The second-order valence-corrected chi connectivity index (χ2v) is 5.28. The zero-order valence-corrected chi connectivity index (χ0v) is 12.9. The van der Waals surface area contributed by atoms with Gasteiger partial charge in [-0.3, -0.25) is 4.79 Å². The zero-order chi connectivity index (χ0) is 15.0. The summed E-state index contributed by atoms with van der Waals surface area (Å²) in [5.41, 5.74) is 1.05. The Morgan fingerprint density at radius 1 is 1.30 bits per heavy atom. The number of carbonyl (C=O) groups excluding carboxylic acids is 1. The molecule has 4 nitrogen and oxygen atoms in total. The Hall–Kier alpha value is -1.55. The van der Waals surface area contributed by atoms with Gasteiger partial charge in [-0.1, -0.05) is 26.0 Å². The van der Waals surface area contributed by atoms with Crippen molar-refractivity contribution in [2.24, 2.45) is 0 Å². The molecule has 0 saturated heterocycles. The molecule has 0 unspecified atom stereocenters. The number of carbonyl (C=O) groups is 1. The minimum absolute atomic E-state index is 0.00402. The van der Waals surface area contributed by atoms with Crippen molar-refractivity contribution in [2.45, 2.75) is 45.7 Å². The maximum atomic E-state index is 11.9. The molecule has 0 fully saturated rings. The fraction of sp³-hybridized carbons (Fsp3) is 0.562. The molecule has 1 aromatic carbocycles. The highest BCUT2D eigenvalue weighted by Gasteiger charge is 2.10. The Bertz CT molecular complexity index is 419. The van der Waals surface area contributed by atoms with Crippen LogP contribution >= 0.6 is 0 Å². The Kier molecular flexibility index (Phi) is 7.09. The van der Waals surface area contributed by atoms with Crippen molar-refractivity contribution in [1.82, 2.24) is 10.6 Å². The number of ether oxygens (including phenoxy) is 1. The van der Waals surface area contributed by atoms with Crippen molar-refractivity contribution in [3.05, 3.63) is 29.8 Å². The molecule has 1 aromatic rings. The molecule has 2 N–H and O–H groups in total. The lowest BCUT2D eigenvalue weighted by atomic mass is 10.1. The van der Waals surface area contributed by atoms with Crippen LogP contribution in [0.25, 0.3) is 0 Å². The van der Waals surface area contributed by atoms with E-state index in [-0.39, 0.29) is 11.9 Å². The first kappa shape index (κ1) is 16.5. The number of hydrogen-bond acceptors (Lipinski definition) is 3. The van der Waals surface area contributed by atoms with Gasteiger partial charge >= 0.3 is 0 Å². The molecule has 20 heavy (non-hydrogen) atoms. The number of amides is 1. The van der Waals surface area contributed by atoms with Crippen molar-refractivity contribution >= 4 is 5.91 Å². The molecular weight excluding hydrogens is 252 g/mol. The SMILES string of the molecule is COc1cccc([C@H](C)NC(=O)CCCNC(C)C)c1. The van der Waals surface area contributed by atoms with Gasteiger partial charge in [0.25, 0.3) is 0 Å². The van der Waals surface area contributed by atoms with Crippen LogP contribution in [0.15, 0.2) is 24.3 Å². The molecule has 0 aliphatic heterocycles. The first-order valence-corrected chi connectivity index (χ1v) is 7.19. The van der Waals surface area contributed by atoms with Crippen LogP contribution in [-0.4, -0.2) is 25.6 Å². The predicted octanol–water partition coefficient (Wildman–Crippen LogP) is 2.65. The van der Waals surface area contributed by atoms with Crippen molar-refractivity contribution in [3.8, 4) is 5.75 Å². The van der Waals surface area contributed by atoms with Crippen LogP contribution in [0.3, 0.4) is 0 Å². The van der Waals surface area contributed by atoms with Crippen LogP contribution in [0, 0.1) is 0 Å². The molecule has 4 heteroatoms. The third kappa shape index (κ3) is 6.06. The van der Waals surface area contributed by atoms with E-state index in [2.05, 4.69) is 24.5 Å². The molecule has 112 valence electrons.